The van der Waals surface area contributed by atoms with Crippen molar-refractivity contribution in [3.63, 3.8) is 0 Å². The highest BCUT2D eigenvalue weighted by Crippen LogP contribution is 2.20. The number of sulfonamides is 1. The zero-order valence-electron chi connectivity index (χ0n) is 12.2. The maximum absolute atomic E-state index is 12.4. The van der Waals surface area contributed by atoms with Gasteiger partial charge in [-0.3, -0.25) is 0 Å². The predicted molar refractivity (Wildman–Crippen MR) is 77.4 cm³/mol. The lowest BCUT2D eigenvalue weighted by Crippen LogP contribution is -2.31. The molecule has 0 aliphatic rings. The average Bonchev–Trinajstić information content (AvgIpc) is 2.45. The summed E-state index contributed by atoms with van der Waals surface area (Å²) in [5.74, 6) is -1.60. The van der Waals surface area contributed by atoms with Crippen molar-refractivity contribution in [3.05, 3.63) is 29.3 Å². The van der Waals surface area contributed by atoms with Gasteiger partial charge in [-0.05, 0) is 31.0 Å². The highest BCUT2D eigenvalue weighted by molar-refractivity contribution is 7.89. The Morgan fingerprint density at radius 2 is 2.10 bits per heavy atom. The Kier molecular flexibility index (Phi) is 5.47. The van der Waals surface area contributed by atoms with Gasteiger partial charge >= 0.3 is 5.97 Å². The Morgan fingerprint density at radius 1 is 1.48 bits per heavy atom. The molecule has 0 aliphatic carbocycles. The maximum atomic E-state index is 12.4. The summed E-state index contributed by atoms with van der Waals surface area (Å²) in [5, 5.41) is 17.9. The van der Waals surface area contributed by atoms with Crippen LogP contribution in [0.2, 0.25) is 0 Å². The topological polar surface area (TPSA) is 98.5 Å². The zero-order valence-corrected chi connectivity index (χ0v) is 13.0. The van der Waals surface area contributed by atoms with Gasteiger partial charge in [0.25, 0.3) is 0 Å². The van der Waals surface area contributed by atoms with Gasteiger partial charge in [0.1, 0.15) is 0 Å². The Hall–Kier alpha value is -1.91. The quantitative estimate of drug-likeness (QED) is 0.862. The number of rotatable bonds is 6. The predicted octanol–water partition coefficient (Wildman–Crippen LogP) is 1.73. The van der Waals surface area contributed by atoms with E-state index in [4.69, 9.17) is 10.4 Å². The summed E-state index contributed by atoms with van der Waals surface area (Å²) in [6.45, 7) is 3.47. The molecule has 1 aromatic rings. The van der Waals surface area contributed by atoms with Crippen molar-refractivity contribution in [1.82, 2.24) is 4.31 Å². The molecule has 0 bridgehead atoms. The fraction of sp³-hybridized carbons (Fsp3) is 0.429. The number of carboxylic acids is 1. The van der Waals surface area contributed by atoms with E-state index in [0.29, 0.717) is 12.0 Å². The van der Waals surface area contributed by atoms with Gasteiger partial charge in [-0.25, -0.2) is 13.2 Å². The number of nitriles is 1. The number of carboxylic acid groups (broad SMARTS) is 1. The van der Waals surface area contributed by atoms with E-state index in [0.717, 1.165) is 4.31 Å². The third-order valence-corrected chi connectivity index (χ3v) is 4.97. The highest BCUT2D eigenvalue weighted by Gasteiger charge is 2.24. The number of aryl methyl sites for hydroxylation is 1. The summed E-state index contributed by atoms with van der Waals surface area (Å²) < 4.78 is 25.8. The first kappa shape index (κ1) is 17.1. The number of nitrogens with zero attached hydrogens (tertiary/aromatic N) is 2. The normalized spacial score (nSPS) is 12.9. The molecule has 6 nitrogen and oxygen atoms in total. The smallest absolute Gasteiger partial charge is 0.336 e. The summed E-state index contributed by atoms with van der Waals surface area (Å²) in [7, 11) is -2.43. The van der Waals surface area contributed by atoms with Crippen molar-refractivity contribution in [2.45, 2.75) is 25.2 Å². The summed E-state index contributed by atoms with van der Waals surface area (Å²) in [4.78, 5) is 11.1. The molecule has 1 unspecified atom stereocenters. The lowest BCUT2D eigenvalue weighted by molar-refractivity contribution is 0.0695. The van der Waals surface area contributed by atoms with Crippen LogP contribution >= 0.6 is 0 Å². The van der Waals surface area contributed by atoms with E-state index >= 15 is 0 Å². The van der Waals surface area contributed by atoms with Crippen LogP contribution in [0.4, 0.5) is 0 Å². The molecule has 21 heavy (non-hydrogen) atoms. The molecule has 0 radical (unpaired) electrons. The molecule has 114 valence electrons. The third-order valence-electron chi connectivity index (χ3n) is 3.15. The van der Waals surface area contributed by atoms with E-state index in [2.05, 4.69) is 0 Å². The molecule has 0 heterocycles. The van der Waals surface area contributed by atoms with Crippen molar-refractivity contribution in [1.29, 1.82) is 5.26 Å². The second-order valence-electron chi connectivity index (χ2n) is 4.79. The first-order chi connectivity index (χ1) is 9.73. The molecule has 0 aliphatic heterocycles. The van der Waals surface area contributed by atoms with E-state index in [1.54, 1.807) is 13.8 Å². The van der Waals surface area contributed by atoms with Gasteiger partial charge in [0.2, 0.25) is 10.0 Å². The van der Waals surface area contributed by atoms with Crippen molar-refractivity contribution in [2.24, 2.45) is 5.92 Å². The molecule has 1 aromatic carbocycles. The average molecular weight is 310 g/mol. The summed E-state index contributed by atoms with van der Waals surface area (Å²) >= 11 is 0. The van der Waals surface area contributed by atoms with Gasteiger partial charge in [0.05, 0.1) is 22.4 Å². The van der Waals surface area contributed by atoms with Crippen LogP contribution in [0.5, 0.6) is 0 Å². The SMILES string of the molecule is CCc1ccc(S(=O)(=O)N(C)CC(C)C#N)cc1C(=O)O. The van der Waals surface area contributed by atoms with Crippen LogP contribution in [0, 0.1) is 17.2 Å². The molecule has 0 saturated carbocycles. The van der Waals surface area contributed by atoms with Crippen molar-refractivity contribution >= 4 is 16.0 Å². The van der Waals surface area contributed by atoms with Gasteiger partial charge in [-0.15, -0.1) is 0 Å². The Balaban J connectivity index is 3.24. The molecule has 1 atom stereocenters. The Bertz CT molecular complexity index is 677. The summed E-state index contributed by atoms with van der Waals surface area (Å²) in [6.07, 6.45) is 0.503. The highest BCUT2D eigenvalue weighted by atomic mass is 32.2. The van der Waals surface area contributed by atoms with Gasteiger partial charge in [-0.1, -0.05) is 13.0 Å². The largest absolute Gasteiger partial charge is 0.478 e. The Labute approximate surface area is 124 Å². The van der Waals surface area contributed by atoms with Gasteiger partial charge in [0, 0.05) is 13.6 Å². The second-order valence-corrected chi connectivity index (χ2v) is 6.84. The number of hydrogen-bond acceptors (Lipinski definition) is 4. The first-order valence-corrected chi connectivity index (χ1v) is 7.90. The lowest BCUT2D eigenvalue weighted by Gasteiger charge is -2.18. The van der Waals surface area contributed by atoms with E-state index < -0.39 is 21.9 Å². The second kappa shape index (κ2) is 6.70. The van der Waals surface area contributed by atoms with Crippen LogP contribution in [0.3, 0.4) is 0 Å². The van der Waals surface area contributed by atoms with Gasteiger partial charge in [0.15, 0.2) is 0 Å². The summed E-state index contributed by atoms with van der Waals surface area (Å²) in [5.41, 5.74) is 0.565. The third kappa shape index (κ3) is 3.80. The fourth-order valence-electron chi connectivity index (χ4n) is 1.93. The molecule has 7 heteroatoms. The minimum atomic E-state index is -3.81. The fourth-order valence-corrected chi connectivity index (χ4v) is 3.21. The number of aromatic carboxylic acids is 1. The van der Waals surface area contributed by atoms with Crippen molar-refractivity contribution in [3.8, 4) is 6.07 Å². The maximum Gasteiger partial charge on any atom is 0.336 e. The van der Waals surface area contributed by atoms with Crippen LogP contribution in [0.15, 0.2) is 23.1 Å². The standard InChI is InChI=1S/C14H18N2O4S/c1-4-11-5-6-12(7-13(11)14(17)18)21(19,20)16(3)9-10(2)8-15/h5-7,10H,4,9H2,1-3H3,(H,17,18). The zero-order chi connectivity index (χ0) is 16.2. The molecule has 0 aromatic heterocycles. The minimum Gasteiger partial charge on any atom is -0.478 e. The summed E-state index contributed by atoms with van der Waals surface area (Å²) in [6, 6.07) is 6.05. The van der Waals surface area contributed by atoms with Crippen LogP contribution in [-0.4, -0.2) is 37.4 Å². The molecule has 0 fully saturated rings. The van der Waals surface area contributed by atoms with E-state index in [-0.39, 0.29) is 17.0 Å². The van der Waals surface area contributed by atoms with Crippen LogP contribution in [0.1, 0.15) is 29.8 Å². The van der Waals surface area contributed by atoms with Gasteiger partial charge in [-0.2, -0.15) is 9.57 Å². The molecule has 0 amide bonds. The van der Waals surface area contributed by atoms with Crippen LogP contribution in [0.25, 0.3) is 0 Å². The minimum absolute atomic E-state index is 0.0136. The molecule has 1 N–H and O–H groups in total. The van der Waals surface area contributed by atoms with Gasteiger partial charge < -0.3 is 5.11 Å². The van der Waals surface area contributed by atoms with Crippen LogP contribution in [-0.2, 0) is 16.4 Å². The van der Waals surface area contributed by atoms with Crippen LogP contribution < -0.4 is 0 Å². The molecular weight excluding hydrogens is 292 g/mol. The molecular formula is C14H18N2O4S. The number of carbonyl (C=O) groups is 1. The Morgan fingerprint density at radius 3 is 2.57 bits per heavy atom. The lowest BCUT2D eigenvalue weighted by atomic mass is 10.1. The van der Waals surface area contributed by atoms with E-state index in [1.807, 2.05) is 6.07 Å². The molecule has 0 spiro atoms. The first-order valence-electron chi connectivity index (χ1n) is 6.46. The number of hydrogen-bond donors (Lipinski definition) is 1. The van der Waals surface area contributed by atoms with E-state index in [9.17, 15) is 13.2 Å². The van der Waals surface area contributed by atoms with Crippen molar-refractivity contribution in [2.75, 3.05) is 13.6 Å². The molecule has 0 saturated heterocycles. The van der Waals surface area contributed by atoms with Crippen molar-refractivity contribution < 1.29 is 18.3 Å². The van der Waals surface area contributed by atoms with E-state index in [1.165, 1.54) is 25.2 Å². The number of benzene rings is 1. The molecule has 1 rings (SSSR count). The monoisotopic (exact) mass is 310 g/mol.